The second-order valence-corrected chi connectivity index (χ2v) is 5.07. The van der Waals surface area contributed by atoms with E-state index in [4.69, 9.17) is 4.74 Å². The Morgan fingerprint density at radius 2 is 1.95 bits per heavy atom. The molecule has 0 fully saturated rings. The van der Waals surface area contributed by atoms with Gasteiger partial charge in [0.25, 0.3) is 0 Å². The Bertz CT molecular complexity index is 589. The van der Waals surface area contributed by atoms with Gasteiger partial charge in [-0.15, -0.1) is 0 Å². The quantitative estimate of drug-likeness (QED) is 0.854. The van der Waals surface area contributed by atoms with Crippen LogP contribution in [0.5, 0.6) is 5.88 Å². The largest absolute Gasteiger partial charge is 0.478 e. The van der Waals surface area contributed by atoms with E-state index in [1.165, 1.54) is 6.33 Å². The molecule has 0 saturated heterocycles. The van der Waals surface area contributed by atoms with Crippen LogP contribution < -0.4 is 10.1 Å². The maximum absolute atomic E-state index is 9.83. The molecule has 0 bridgehead atoms. The lowest BCUT2D eigenvalue weighted by atomic mass is 9.93. The molecular formula is C16H21N3O2. The molecule has 2 aromatic rings. The van der Waals surface area contributed by atoms with Gasteiger partial charge >= 0.3 is 0 Å². The van der Waals surface area contributed by atoms with Crippen LogP contribution in [0.1, 0.15) is 25.0 Å². The molecule has 21 heavy (non-hydrogen) atoms. The van der Waals surface area contributed by atoms with Crippen LogP contribution in [0.15, 0.2) is 36.7 Å². The fraction of sp³-hybridized carbons (Fsp3) is 0.375. The summed E-state index contributed by atoms with van der Waals surface area (Å²) in [5.74, 6) is 1.22. The summed E-state index contributed by atoms with van der Waals surface area (Å²) in [7, 11) is 0. The Balaban J connectivity index is 2.33. The first-order valence-corrected chi connectivity index (χ1v) is 6.99. The second kappa shape index (κ2) is 6.54. The first-order valence-electron chi connectivity index (χ1n) is 6.99. The Morgan fingerprint density at radius 1 is 1.24 bits per heavy atom. The summed E-state index contributed by atoms with van der Waals surface area (Å²) in [5, 5.41) is 13.1. The van der Waals surface area contributed by atoms with Crippen molar-refractivity contribution >= 4 is 5.82 Å². The van der Waals surface area contributed by atoms with Gasteiger partial charge in [0, 0.05) is 0 Å². The summed E-state index contributed by atoms with van der Waals surface area (Å²) in [6, 6.07) is 9.80. The van der Waals surface area contributed by atoms with Crippen LogP contribution in [-0.4, -0.2) is 28.3 Å². The molecule has 0 saturated carbocycles. The minimum absolute atomic E-state index is 0.0512. The zero-order valence-corrected chi connectivity index (χ0v) is 12.6. The summed E-state index contributed by atoms with van der Waals surface area (Å²) < 4.78 is 5.48. The standard InChI is InChI=1S/C16H21N3O2/c1-4-21-15-12(2)14(17-11-18-15)19-16(3,10-20)13-8-6-5-7-9-13/h5-9,11,20H,4,10H2,1-3H3,(H,17,18,19). The van der Waals surface area contributed by atoms with Crippen molar-refractivity contribution in [1.29, 1.82) is 0 Å². The molecular weight excluding hydrogens is 266 g/mol. The molecule has 0 radical (unpaired) electrons. The number of nitrogens with zero attached hydrogens (tertiary/aromatic N) is 2. The highest BCUT2D eigenvalue weighted by molar-refractivity contribution is 5.51. The van der Waals surface area contributed by atoms with E-state index in [1.54, 1.807) is 0 Å². The molecule has 5 heteroatoms. The van der Waals surface area contributed by atoms with E-state index in [0.717, 1.165) is 11.1 Å². The number of benzene rings is 1. The van der Waals surface area contributed by atoms with Gasteiger partial charge < -0.3 is 15.2 Å². The van der Waals surface area contributed by atoms with Crippen molar-refractivity contribution in [3.8, 4) is 5.88 Å². The Kier molecular flexibility index (Phi) is 4.75. The maximum atomic E-state index is 9.83. The summed E-state index contributed by atoms with van der Waals surface area (Å²) in [4.78, 5) is 8.39. The molecule has 0 aliphatic rings. The van der Waals surface area contributed by atoms with Crippen LogP contribution in [0.3, 0.4) is 0 Å². The molecule has 1 atom stereocenters. The number of nitrogens with one attached hydrogen (secondary N) is 1. The molecule has 0 spiro atoms. The highest BCUT2D eigenvalue weighted by atomic mass is 16.5. The predicted octanol–water partition coefficient (Wildman–Crippen LogP) is 2.50. The van der Waals surface area contributed by atoms with Gasteiger partial charge in [0.2, 0.25) is 5.88 Å². The molecule has 112 valence electrons. The van der Waals surface area contributed by atoms with Gasteiger partial charge in [0.1, 0.15) is 12.1 Å². The Labute approximate surface area is 125 Å². The number of aliphatic hydroxyl groups excluding tert-OH is 1. The van der Waals surface area contributed by atoms with Gasteiger partial charge in [0.05, 0.1) is 24.3 Å². The third-order valence-electron chi connectivity index (χ3n) is 3.44. The molecule has 2 N–H and O–H groups in total. The summed E-state index contributed by atoms with van der Waals surface area (Å²) in [5.41, 5.74) is 1.20. The third-order valence-corrected chi connectivity index (χ3v) is 3.44. The lowest BCUT2D eigenvalue weighted by molar-refractivity contribution is 0.223. The molecule has 1 unspecified atom stereocenters. The van der Waals surface area contributed by atoms with E-state index in [0.29, 0.717) is 18.3 Å². The van der Waals surface area contributed by atoms with E-state index in [-0.39, 0.29) is 6.61 Å². The predicted molar refractivity (Wildman–Crippen MR) is 82.4 cm³/mol. The molecule has 0 aliphatic carbocycles. The van der Waals surface area contributed by atoms with Crippen LogP contribution in [-0.2, 0) is 5.54 Å². The highest BCUT2D eigenvalue weighted by Gasteiger charge is 2.27. The van der Waals surface area contributed by atoms with Crippen LogP contribution in [0.2, 0.25) is 0 Å². The topological polar surface area (TPSA) is 67.3 Å². The average Bonchev–Trinajstić information content (AvgIpc) is 2.52. The number of rotatable bonds is 6. The third kappa shape index (κ3) is 3.31. The molecule has 0 amide bonds. The van der Waals surface area contributed by atoms with Gasteiger partial charge in [-0.3, -0.25) is 0 Å². The molecule has 5 nitrogen and oxygen atoms in total. The zero-order valence-electron chi connectivity index (χ0n) is 12.6. The van der Waals surface area contributed by atoms with Gasteiger partial charge in [-0.1, -0.05) is 30.3 Å². The normalized spacial score (nSPS) is 13.5. The van der Waals surface area contributed by atoms with E-state index in [9.17, 15) is 5.11 Å². The van der Waals surface area contributed by atoms with Crippen molar-refractivity contribution < 1.29 is 9.84 Å². The fourth-order valence-electron chi connectivity index (χ4n) is 2.11. The molecule has 0 aliphatic heterocycles. The first kappa shape index (κ1) is 15.3. The van der Waals surface area contributed by atoms with Crippen LogP contribution >= 0.6 is 0 Å². The highest BCUT2D eigenvalue weighted by Crippen LogP contribution is 2.28. The Hall–Kier alpha value is -2.14. The SMILES string of the molecule is CCOc1ncnc(NC(C)(CO)c2ccccc2)c1C. The van der Waals surface area contributed by atoms with Gasteiger partial charge in [0.15, 0.2) is 0 Å². The van der Waals surface area contributed by atoms with E-state index in [1.807, 2.05) is 51.1 Å². The first-order chi connectivity index (χ1) is 10.1. The summed E-state index contributed by atoms with van der Waals surface area (Å²) >= 11 is 0. The number of ether oxygens (including phenoxy) is 1. The minimum Gasteiger partial charge on any atom is -0.478 e. The average molecular weight is 287 g/mol. The van der Waals surface area contributed by atoms with Crippen molar-refractivity contribution in [2.75, 3.05) is 18.5 Å². The van der Waals surface area contributed by atoms with Crippen molar-refractivity contribution in [1.82, 2.24) is 9.97 Å². The minimum atomic E-state index is -0.621. The van der Waals surface area contributed by atoms with E-state index in [2.05, 4.69) is 15.3 Å². The van der Waals surface area contributed by atoms with Gasteiger partial charge in [-0.2, -0.15) is 0 Å². The monoisotopic (exact) mass is 287 g/mol. The summed E-state index contributed by atoms with van der Waals surface area (Å²) in [6.45, 7) is 6.24. The van der Waals surface area contributed by atoms with Crippen molar-refractivity contribution in [2.45, 2.75) is 26.3 Å². The van der Waals surface area contributed by atoms with Gasteiger partial charge in [-0.05, 0) is 26.3 Å². The van der Waals surface area contributed by atoms with Crippen LogP contribution in [0.4, 0.5) is 5.82 Å². The van der Waals surface area contributed by atoms with Crippen molar-refractivity contribution in [3.63, 3.8) is 0 Å². The Morgan fingerprint density at radius 3 is 2.57 bits per heavy atom. The number of hydrogen-bond acceptors (Lipinski definition) is 5. The fourth-order valence-corrected chi connectivity index (χ4v) is 2.11. The number of hydrogen-bond donors (Lipinski definition) is 2. The van der Waals surface area contributed by atoms with Crippen molar-refractivity contribution in [3.05, 3.63) is 47.8 Å². The number of aromatic nitrogens is 2. The smallest absolute Gasteiger partial charge is 0.221 e. The maximum Gasteiger partial charge on any atom is 0.221 e. The number of aliphatic hydroxyl groups is 1. The molecule has 1 aromatic heterocycles. The van der Waals surface area contributed by atoms with Crippen molar-refractivity contribution in [2.24, 2.45) is 0 Å². The molecule has 1 aromatic carbocycles. The number of anilines is 1. The van der Waals surface area contributed by atoms with E-state index < -0.39 is 5.54 Å². The molecule has 2 rings (SSSR count). The van der Waals surface area contributed by atoms with Gasteiger partial charge in [-0.25, -0.2) is 9.97 Å². The second-order valence-electron chi connectivity index (χ2n) is 5.07. The van der Waals surface area contributed by atoms with Crippen LogP contribution in [0, 0.1) is 6.92 Å². The molecule has 1 heterocycles. The van der Waals surface area contributed by atoms with E-state index >= 15 is 0 Å². The zero-order chi connectivity index (χ0) is 15.3. The van der Waals surface area contributed by atoms with Crippen LogP contribution in [0.25, 0.3) is 0 Å². The lowest BCUT2D eigenvalue weighted by Crippen LogP contribution is -2.36. The summed E-state index contributed by atoms with van der Waals surface area (Å²) in [6.07, 6.45) is 1.46. The lowest BCUT2D eigenvalue weighted by Gasteiger charge is -2.30.